The third-order valence-electron chi connectivity index (χ3n) is 4.79. The number of hydrogen-bond donors (Lipinski definition) is 1. The van der Waals surface area contributed by atoms with E-state index in [-0.39, 0.29) is 11.6 Å². The Balaban J connectivity index is 1.74. The van der Waals surface area contributed by atoms with Gasteiger partial charge in [0, 0.05) is 30.9 Å². The third kappa shape index (κ3) is 4.27. The Hall–Kier alpha value is -3.03. The molecule has 2 heterocycles. The molecular formula is C20H26N4O4. The number of aromatic nitrogens is 2. The predicted octanol–water partition coefficient (Wildman–Crippen LogP) is 2.99. The molecule has 1 aromatic heterocycles. The van der Waals surface area contributed by atoms with Crippen molar-refractivity contribution in [3.05, 3.63) is 30.0 Å². The Morgan fingerprint density at radius 2 is 1.82 bits per heavy atom. The average Bonchev–Trinajstić information content (AvgIpc) is 2.73. The molecule has 1 aliphatic rings. The van der Waals surface area contributed by atoms with Crippen LogP contribution in [0.1, 0.15) is 30.3 Å². The van der Waals surface area contributed by atoms with Crippen molar-refractivity contribution in [2.24, 2.45) is 5.92 Å². The van der Waals surface area contributed by atoms with E-state index < -0.39 is 0 Å². The number of anilines is 2. The summed E-state index contributed by atoms with van der Waals surface area (Å²) in [5.74, 6) is 2.45. The Morgan fingerprint density at radius 3 is 2.36 bits per heavy atom. The molecule has 1 unspecified atom stereocenters. The van der Waals surface area contributed by atoms with Crippen LogP contribution >= 0.6 is 0 Å². The van der Waals surface area contributed by atoms with Crippen LogP contribution in [0.5, 0.6) is 17.2 Å². The molecule has 1 aliphatic heterocycles. The summed E-state index contributed by atoms with van der Waals surface area (Å²) in [6.07, 6.45) is 2.38. The number of nitrogens with zero attached hydrogens (tertiary/aromatic N) is 3. The fraction of sp³-hybridized carbons (Fsp3) is 0.450. The lowest BCUT2D eigenvalue weighted by molar-refractivity contribution is 0.102. The molecule has 150 valence electrons. The summed E-state index contributed by atoms with van der Waals surface area (Å²) in [7, 11) is 4.57. The van der Waals surface area contributed by atoms with Crippen LogP contribution in [0.2, 0.25) is 0 Å². The summed E-state index contributed by atoms with van der Waals surface area (Å²) < 4.78 is 15.9. The van der Waals surface area contributed by atoms with Crippen LogP contribution < -0.4 is 24.4 Å². The molecule has 8 nitrogen and oxygen atoms in total. The Bertz CT molecular complexity index is 800. The molecule has 1 atom stereocenters. The zero-order chi connectivity index (χ0) is 20.1. The van der Waals surface area contributed by atoms with E-state index in [4.69, 9.17) is 14.2 Å². The summed E-state index contributed by atoms with van der Waals surface area (Å²) in [4.78, 5) is 14.8. The normalized spacial score (nSPS) is 16.4. The molecule has 8 heteroatoms. The van der Waals surface area contributed by atoms with Gasteiger partial charge >= 0.3 is 0 Å². The van der Waals surface area contributed by atoms with Crippen molar-refractivity contribution < 1.29 is 19.0 Å². The number of amides is 1. The Labute approximate surface area is 164 Å². The lowest BCUT2D eigenvalue weighted by Gasteiger charge is -2.31. The number of methoxy groups -OCH3 is 3. The zero-order valence-electron chi connectivity index (χ0n) is 16.7. The van der Waals surface area contributed by atoms with Crippen LogP contribution in [0, 0.1) is 5.92 Å². The lowest BCUT2D eigenvalue weighted by Crippen LogP contribution is -2.35. The van der Waals surface area contributed by atoms with Gasteiger partial charge in [0.25, 0.3) is 5.91 Å². The highest BCUT2D eigenvalue weighted by Crippen LogP contribution is 2.40. The third-order valence-corrected chi connectivity index (χ3v) is 4.79. The average molecular weight is 386 g/mol. The summed E-state index contributed by atoms with van der Waals surface area (Å²) in [5.41, 5.74) is 0.748. The largest absolute Gasteiger partial charge is 0.493 e. The van der Waals surface area contributed by atoms with Crippen molar-refractivity contribution in [2.75, 3.05) is 44.6 Å². The minimum Gasteiger partial charge on any atom is -0.493 e. The van der Waals surface area contributed by atoms with Crippen LogP contribution in [0.4, 0.5) is 11.5 Å². The fourth-order valence-corrected chi connectivity index (χ4v) is 3.36. The maximum Gasteiger partial charge on any atom is 0.276 e. The highest BCUT2D eigenvalue weighted by molar-refractivity contribution is 6.03. The standard InChI is InChI=1S/C20H26N4O4/c1-13-6-5-9-24(12-13)18-8-7-15(22-23-18)20(25)21-14-10-16(26-2)19(28-4)17(11-14)27-3/h7-8,10-11,13H,5-6,9,12H2,1-4H3,(H,21,25). The maximum atomic E-state index is 12.6. The van der Waals surface area contributed by atoms with Gasteiger partial charge in [0.1, 0.15) is 0 Å². The van der Waals surface area contributed by atoms with E-state index in [1.54, 1.807) is 18.2 Å². The molecule has 1 fully saturated rings. The number of carbonyl (C=O) groups excluding carboxylic acids is 1. The smallest absolute Gasteiger partial charge is 0.276 e. The predicted molar refractivity (Wildman–Crippen MR) is 107 cm³/mol. The number of nitrogens with one attached hydrogen (secondary N) is 1. The van der Waals surface area contributed by atoms with Gasteiger partial charge in [-0.2, -0.15) is 0 Å². The second-order valence-electron chi connectivity index (χ2n) is 6.84. The van der Waals surface area contributed by atoms with Gasteiger partial charge in [0.2, 0.25) is 5.75 Å². The van der Waals surface area contributed by atoms with Crippen LogP contribution in [-0.2, 0) is 0 Å². The molecule has 1 aromatic carbocycles. The van der Waals surface area contributed by atoms with Gasteiger partial charge in [-0.1, -0.05) is 6.92 Å². The van der Waals surface area contributed by atoms with Gasteiger partial charge in [0.15, 0.2) is 23.0 Å². The van der Waals surface area contributed by atoms with E-state index in [2.05, 4.69) is 27.3 Å². The van der Waals surface area contributed by atoms with Gasteiger partial charge < -0.3 is 24.4 Å². The number of carbonyl (C=O) groups is 1. The summed E-state index contributed by atoms with van der Waals surface area (Å²) in [6, 6.07) is 6.86. The number of ether oxygens (including phenoxy) is 3. The fourth-order valence-electron chi connectivity index (χ4n) is 3.36. The first-order chi connectivity index (χ1) is 13.5. The summed E-state index contributed by atoms with van der Waals surface area (Å²) in [5, 5.41) is 11.1. The molecule has 0 spiro atoms. The Morgan fingerprint density at radius 1 is 1.11 bits per heavy atom. The van der Waals surface area contributed by atoms with E-state index in [0.29, 0.717) is 28.9 Å². The molecule has 1 saturated heterocycles. The molecule has 0 radical (unpaired) electrons. The van der Waals surface area contributed by atoms with Crippen molar-refractivity contribution in [3.8, 4) is 17.2 Å². The first-order valence-electron chi connectivity index (χ1n) is 9.25. The number of rotatable bonds is 6. The number of hydrogen-bond acceptors (Lipinski definition) is 7. The topological polar surface area (TPSA) is 85.8 Å². The van der Waals surface area contributed by atoms with Crippen molar-refractivity contribution in [1.29, 1.82) is 0 Å². The highest BCUT2D eigenvalue weighted by Gasteiger charge is 2.19. The summed E-state index contributed by atoms with van der Waals surface area (Å²) >= 11 is 0. The molecule has 1 N–H and O–H groups in total. The van der Waals surface area contributed by atoms with Gasteiger partial charge in [-0.3, -0.25) is 4.79 Å². The monoisotopic (exact) mass is 386 g/mol. The quantitative estimate of drug-likeness (QED) is 0.817. The van der Waals surface area contributed by atoms with E-state index in [1.165, 1.54) is 27.8 Å². The first-order valence-corrected chi connectivity index (χ1v) is 9.25. The number of benzene rings is 1. The van der Waals surface area contributed by atoms with Gasteiger partial charge in [-0.25, -0.2) is 0 Å². The first kappa shape index (κ1) is 19.7. The van der Waals surface area contributed by atoms with E-state index >= 15 is 0 Å². The van der Waals surface area contributed by atoms with E-state index in [1.807, 2.05) is 6.07 Å². The molecule has 2 aromatic rings. The lowest BCUT2D eigenvalue weighted by atomic mass is 10.0. The van der Waals surface area contributed by atoms with E-state index in [9.17, 15) is 4.79 Å². The highest BCUT2D eigenvalue weighted by atomic mass is 16.5. The number of piperidine rings is 1. The molecular weight excluding hydrogens is 360 g/mol. The van der Waals surface area contributed by atoms with Crippen LogP contribution in [-0.4, -0.2) is 50.5 Å². The van der Waals surface area contributed by atoms with Crippen LogP contribution in [0.25, 0.3) is 0 Å². The molecule has 28 heavy (non-hydrogen) atoms. The van der Waals surface area contributed by atoms with Gasteiger partial charge in [0.05, 0.1) is 21.3 Å². The SMILES string of the molecule is COc1cc(NC(=O)c2ccc(N3CCCC(C)C3)nn2)cc(OC)c1OC. The van der Waals surface area contributed by atoms with Gasteiger partial charge in [-0.15, -0.1) is 10.2 Å². The maximum absolute atomic E-state index is 12.6. The molecule has 0 saturated carbocycles. The zero-order valence-corrected chi connectivity index (χ0v) is 16.7. The Kier molecular flexibility index (Phi) is 6.18. The summed E-state index contributed by atoms with van der Waals surface area (Å²) in [6.45, 7) is 4.17. The van der Waals surface area contributed by atoms with Gasteiger partial charge in [-0.05, 0) is 30.9 Å². The van der Waals surface area contributed by atoms with Crippen molar-refractivity contribution >= 4 is 17.4 Å². The second kappa shape index (κ2) is 8.77. The molecule has 1 amide bonds. The van der Waals surface area contributed by atoms with E-state index in [0.717, 1.165) is 25.3 Å². The molecule has 0 bridgehead atoms. The molecule has 3 rings (SSSR count). The second-order valence-corrected chi connectivity index (χ2v) is 6.84. The van der Waals surface area contributed by atoms with Crippen LogP contribution in [0.15, 0.2) is 24.3 Å². The van der Waals surface area contributed by atoms with Crippen molar-refractivity contribution in [2.45, 2.75) is 19.8 Å². The van der Waals surface area contributed by atoms with Crippen molar-refractivity contribution in [1.82, 2.24) is 10.2 Å². The minimum absolute atomic E-state index is 0.238. The minimum atomic E-state index is -0.361. The van der Waals surface area contributed by atoms with Crippen LogP contribution in [0.3, 0.4) is 0 Å². The molecule has 0 aliphatic carbocycles. The van der Waals surface area contributed by atoms with Crippen molar-refractivity contribution in [3.63, 3.8) is 0 Å².